The largest absolute Gasteiger partial charge is 0.343 e. The van der Waals surface area contributed by atoms with Gasteiger partial charge < -0.3 is 10.2 Å². The molecule has 1 aliphatic carbocycles. The Balaban J connectivity index is 1.63. The first-order valence-corrected chi connectivity index (χ1v) is 8.27. The molecule has 1 unspecified atom stereocenters. The van der Waals surface area contributed by atoms with E-state index in [1.54, 1.807) is 22.6 Å². The molecule has 7 nitrogen and oxygen atoms in total. The van der Waals surface area contributed by atoms with Gasteiger partial charge in [0.05, 0.1) is 12.6 Å². The SMILES string of the molecule is CC(c1cccc(Cl)c1)N(C)C(=O)NCc1n[nH]c(=O)n1C1CC1. The molecule has 1 fully saturated rings. The summed E-state index contributed by atoms with van der Waals surface area (Å²) >= 11 is 6.01. The fourth-order valence-electron chi connectivity index (χ4n) is 2.62. The lowest BCUT2D eigenvalue weighted by molar-refractivity contribution is 0.193. The van der Waals surface area contributed by atoms with Crippen molar-refractivity contribution < 1.29 is 4.79 Å². The van der Waals surface area contributed by atoms with Crippen LogP contribution in [0, 0.1) is 0 Å². The molecule has 1 atom stereocenters. The van der Waals surface area contributed by atoms with Crippen LogP contribution in [-0.4, -0.2) is 32.7 Å². The second-order valence-electron chi connectivity index (χ2n) is 6.05. The number of benzene rings is 1. The number of aromatic amines is 1. The molecule has 0 saturated heterocycles. The van der Waals surface area contributed by atoms with Crippen LogP contribution in [-0.2, 0) is 6.54 Å². The maximum Gasteiger partial charge on any atom is 0.343 e. The van der Waals surface area contributed by atoms with E-state index in [4.69, 9.17) is 11.6 Å². The summed E-state index contributed by atoms with van der Waals surface area (Å²) in [7, 11) is 1.72. The minimum atomic E-state index is -0.236. The van der Waals surface area contributed by atoms with Gasteiger partial charge in [-0.2, -0.15) is 5.10 Å². The summed E-state index contributed by atoms with van der Waals surface area (Å²) in [6.45, 7) is 2.14. The molecule has 2 N–H and O–H groups in total. The number of carbonyl (C=O) groups excluding carboxylic acids is 1. The van der Waals surface area contributed by atoms with Crippen LogP contribution in [0.25, 0.3) is 0 Å². The number of hydrogen-bond acceptors (Lipinski definition) is 3. The molecule has 0 aliphatic heterocycles. The van der Waals surface area contributed by atoms with Crippen molar-refractivity contribution in [3.8, 4) is 0 Å². The van der Waals surface area contributed by atoms with Crippen molar-refractivity contribution >= 4 is 17.6 Å². The fourth-order valence-corrected chi connectivity index (χ4v) is 2.82. The predicted molar refractivity (Wildman–Crippen MR) is 91.0 cm³/mol. The maximum atomic E-state index is 12.4. The third-order valence-electron chi connectivity index (χ3n) is 4.32. The molecule has 2 aromatic rings. The molecular weight excluding hydrogens is 330 g/mol. The average molecular weight is 350 g/mol. The number of halogens is 1. The molecule has 0 radical (unpaired) electrons. The number of aromatic nitrogens is 3. The Morgan fingerprint density at radius 1 is 1.54 bits per heavy atom. The Bertz CT molecular complexity index is 796. The van der Waals surface area contributed by atoms with Gasteiger partial charge >= 0.3 is 11.7 Å². The molecule has 1 aliphatic rings. The van der Waals surface area contributed by atoms with Crippen LogP contribution in [0.1, 0.15) is 43.2 Å². The molecule has 1 saturated carbocycles. The molecule has 2 amide bonds. The van der Waals surface area contributed by atoms with Gasteiger partial charge in [0.1, 0.15) is 0 Å². The molecule has 1 aromatic heterocycles. The third kappa shape index (κ3) is 3.46. The summed E-state index contributed by atoms with van der Waals surface area (Å²) in [6, 6.07) is 7.28. The van der Waals surface area contributed by atoms with E-state index in [0.29, 0.717) is 10.8 Å². The third-order valence-corrected chi connectivity index (χ3v) is 4.55. The highest BCUT2D eigenvalue weighted by Gasteiger charge is 2.28. The van der Waals surface area contributed by atoms with Gasteiger partial charge in [0.15, 0.2) is 5.82 Å². The second-order valence-corrected chi connectivity index (χ2v) is 6.48. The van der Waals surface area contributed by atoms with Crippen molar-refractivity contribution in [2.45, 2.75) is 38.4 Å². The summed E-state index contributed by atoms with van der Waals surface area (Å²) in [6.07, 6.45) is 1.96. The first kappa shape index (κ1) is 16.6. The highest BCUT2D eigenvalue weighted by molar-refractivity contribution is 6.30. The minimum absolute atomic E-state index is 0.131. The second kappa shape index (κ2) is 6.68. The average Bonchev–Trinajstić information content (AvgIpc) is 3.34. The van der Waals surface area contributed by atoms with Crippen LogP contribution in [0.4, 0.5) is 4.79 Å². The van der Waals surface area contributed by atoms with Crippen LogP contribution in [0.5, 0.6) is 0 Å². The quantitative estimate of drug-likeness (QED) is 0.869. The summed E-state index contributed by atoms with van der Waals surface area (Å²) in [4.78, 5) is 25.7. The molecular formula is C16H20ClN5O2. The summed E-state index contributed by atoms with van der Waals surface area (Å²) < 4.78 is 1.63. The highest BCUT2D eigenvalue weighted by Crippen LogP contribution is 2.34. The number of H-pyrrole nitrogens is 1. The maximum absolute atomic E-state index is 12.4. The fraction of sp³-hybridized carbons (Fsp3) is 0.438. The molecule has 1 heterocycles. The number of nitrogens with zero attached hydrogens (tertiary/aromatic N) is 3. The van der Waals surface area contributed by atoms with Crippen LogP contribution in [0.3, 0.4) is 0 Å². The van der Waals surface area contributed by atoms with Gasteiger partial charge in [-0.3, -0.25) is 4.57 Å². The van der Waals surface area contributed by atoms with E-state index < -0.39 is 0 Å². The lowest BCUT2D eigenvalue weighted by Crippen LogP contribution is -2.39. The Labute approximate surface area is 144 Å². The number of amides is 2. The van der Waals surface area contributed by atoms with Gasteiger partial charge in [-0.05, 0) is 37.5 Å². The van der Waals surface area contributed by atoms with Crippen LogP contribution < -0.4 is 11.0 Å². The van der Waals surface area contributed by atoms with Crippen molar-refractivity contribution in [2.24, 2.45) is 0 Å². The van der Waals surface area contributed by atoms with E-state index in [2.05, 4.69) is 15.5 Å². The zero-order valence-electron chi connectivity index (χ0n) is 13.6. The number of urea groups is 1. The van der Waals surface area contributed by atoms with Gasteiger partial charge in [-0.15, -0.1) is 0 Å². The summed E-state index contributed by atoms with van der Waals surface area (Å²) in [5, 5.41) is 9.89. The molecule has 1 aromatic carbocycles. The highest BCUT2D eigenvalue weighted by atomic mass is 35.5. The number of rotatable bonds is 5. The lowest BCUT2D eigenvalue weighted by atomic mass is 10.1. The van der Waals surface area contributed by atoms with E-state index in [-0.39, 0.29) is 30.3 Å². The topological polar surface area (TPSA) is 83.0 Å². The monoisotopic (exact) mass is 349 g/mol. The Morgan fingerprint density at radius 2 is 2.29 bits per heavy atom. The Hall–Kier alpha value is -2.28. The summed E-state index contributed by atoms with van der Waals surface area (Å²) in [5.74, 6) is 0.555. The molecule has 0 bridgehead atoms. The standard InChI is InChI=1S/C16H20ClN5O2/c1-10(11-4-3-5-12(17)8-11)21(2)15(23)18-9-14-19-20-16(24)22(14)13-6-7-13/h3-5,8,10,13H,6-7,9H2,1-2H3,(H,18,23)(H,20,24). The van der Waals surface area contributed by atoms with Crippen LogP contribution in [0.2, 0.25) is 5.02 Å². The van der Waals surface area contributed by atoms with Gasteiger partial charge in [-0.1, -0.05) is 23.7 Å². The number of hydrogen-bond donors (Lipinski definition) is 2. The zero-order chi connectivity index (χ0) is 17.3. The van der Waals surface area contributed by atoms with E-state index in [1.165, 1.54) is 0 Å². The first-order chi connectivity index (χ1) is 11.5. The van der Waals surface area contributed by atoms with Crippen molar-refractivity contribution in [1.82, 2.24) is 25.0 Å². The normalized spacial score (nSPS) is 15.1. The van der Waals surface area contributed by atoms with Gasteiger partial charge in [-0.25, -0.2) is 14.7 Å². The number of nitrogens with one attached hydrogen (secondary N) is 2. The lowest BCUT2D eigenvalue weighted by Gasteiger charge is -2.25. The van der Waals surface area contributed by atoms with Gasteiger partial charge in [0.25, 0.3) is 0 Å². The van der Waals surface area contributed by atoms with Gasteiger partial charge in [0, 0.05) is 18.1 Å². The molecule has 8 heteroatoms. The minimum Gasteiger partial charge on any atom is -0.331 e. The van der Waals surface area contributed by atoms with Crippen molar-refractivity contribution in [2.75, 3.05) is 7.05 Å². The smallest absolute Gasteiger partial charge is 0.331 e. The van der Waals surface area contributed by atoms with E-state index >= 15 is 0 Å². The van der Waals surface area contributed by atoms with Crippen molar-refractivity contribution in [3.63, 3.8) is 0 Å². The van der Waals surface area contributed by atoms with Crippen molar-refractivity contribution in [3.05, 3.63) is 51.2 Å². The van der Waals surface area contributed by atoms with E-state index in [9.17, 15) is 9.59 Å². The van der Waals surface area contributed by atoms with Gasteiger partial charge in [0.2, 0.25) is 0 Å². The zero-order valence-corrected chi connectivity index (χ0v) is 14.4. The van der Waals surface area contributed by atoms with E-state index in [0.717, 1.165) is 18.4 Å². The van der Waals surface area contributed by atoms with Crippen molar-refractivity contribution in [1.29, 1.82) is 0 Å². The van der Waals surface area contributed by atoms with Crippen LogP contribution in [0.15, 0.2) is 29.1 Å². The molecule has 24 heavy (non-hydrogen) atoms. The number of carbonyl (C=O) groups is 1. The predicted octanol–water partition coefficient (Wildman–Crippen LogP) is 2.46. The first-order valence-electron chi connectivity index (χ1n) is 7.89. The molecule has 0 spiro atoms. The molecule has 128 valence electrons. The van der Waals surface area contributed by atoms with Crippen LogP contribution >= 0.6 is 11.6 Å². The Morgan fingerprint density at radius 3 is 2.96 bits per heavy atom. The molecule has 3 rings (SSSR count). The Kier molecular flexibility index (Phi) is 4.62. The van der Waals surface area contributed by atoms with E-state index in [1.807, 2.05) is 25.1 Å². The summed E-state index contributed by atoms with van der Waals surface area (Å²) in [5.41, 5.74) is 0.734.